The van der Waals surface area contributed by atoms with Gasteiger partial charge in [-0.25, -0.2) is 0 Å². The SMILES string of the molecule is Cc1[nH]nc(NC(=O)CC2(N)CCCCC2)c1C. The van der Waals surface area contributed by atoms with Gasteiger partial charge in [0.2, 0.25) is 5.91 Å². The van der Waals surface area contributed by atoms with E-state index in [1.807, 2.05) is 13.8 Å². The topological polar surface area (TPSA) is 83.8 Å². The Balaban J connectivity index is 1.94. The summed E-state index contributed by atoms with van der Waals surface area (Å²) >= 11 is 0. The molecule has 1 aliphatic rings. The normalized spacial score (nSPS) is 18.6. The number of carbonyl (C=O) groups is 1. The van der Waals surface area contributed by atoms with Gasteiger partial charge in [-0.2, -0.15) is 5.10 Å². The van der Waals surface area contributed by atoms with Crippen LogP contribution in [-0.2, 0) is 4.79 Å². The molecule has 0 unspecified atom stereocenters. The number of anilines is 1. The molecule has 5 nitrogen and oxygen atoms in total. The number of aromatic amines is 1. The first-order valence-corrected chi connectivity index (χ1v) is 6.60. The first kappa shape index (κ1) is 13.1. The van der Waals surface area contributed by atoms with E-state index in [0.29, 0.717) is 12.2 Å². The van der Waals surface area contributed by atoms with E-state index in [1.165, 1.54) is 6.42 Å². The zero-order chi connectivity index (χ0) is 13.2. The van der Waals surface area contributed by atoms with Crippen LogP contribution in [-0.4, -0.2) is 21.6 Å². The Morgan fingerprint density at radius 3 is 2.61 bits per heavy atom. The van der Waals surface area contributed by atoms with Crippen molar-refractivity contribution in [2.24, 2.45) is 5.73 Å². The summed E-state index contributed by atoms with van der Waals surface area (Å²) in [4.78, 5) is 12.0. The van der Waals surface area contributed by atoms with Crippen molar-refractivity contribution >= 4 is 11.7 Å². The monoisotopic (exact) mass is 250 g/mol. The molecular weight excluding hydrogens is 228 g/mol. The van der Waals surface area contributed by atoms with Crippen LogP contribution >= 0.6 is 0 Å². The highest BCUT2D eigenvalue weighted by molar-refractivity contribution is 5.91. The molecule has 1 saturated carbocycles. The van der Waals surface area contributed by atoms with Crippen LogP contribution in [0.5, 0.6) is 0 Å². The van der Waals surface area contributed by atoms with Crippen molar-refractivity contribution in [3.63, 3.8) is 0 Å². The van der Waals surface area contributed by atoms with E-state index in [2.05, 4.69) is 15.5 Å². The molecule has 0 bridgehead atoms. The molecule has 5 heteroatoms. The van der Waals surface area contributed by atoms with Crippen LogP contribution in [0.25, 0.3) is 0 Å². The van der Waals surface area contributed by atoms with E-state index in [1.54, 1.807) is 0 Å². The number of hydrogen-bond donors (Lipinski definition) is 3. The predicted molar refractivity (Wildman–Crippen MR) is 71.3 cm³/mol. The molecule has 1 aromatic rings. The van der Waals surface area contributed by atoms with E-state index in [4.69, 9.17) is 5.73 Å². The van der Waals surface area contributed by atoms with Crippen LogP contribution < -0.4 is 11.1 Å². The smallest absolute Gasteiger partial charge is 0.227 e. The summed E-state index contributed by atoms with van der Waals surface area (Å²) in [6.45, 7) is 3.87. The summed E-state index contributed by atoms with van der Waals surface area (Å²) in [7, 11) is 0. The number of amides is 1. The van der Waals surface area contributed by atoms with Crippen molar-refractivity contribution in [3.8, 4) is 0 Å². The Bertz CT molecular complexity index is 432. The van der Waals surface area contributed by atoms with Crippen molar-refractivity contribution in [2.75, 3.05) is 5.32 Å². The third-order valence-corrected chi connectivity index (χ3v) is 3.87. The molecule has 1 aliphatic carbocycles. The van der Waals surface area contributed by atoms with Gasteiger partial charge in [0.1, 0.15) is 0 Å². The van der Waals surface area contributed by atoms with E-state index in [0.717, 1.165) is 36.9 Å². The van der Waals surface area contributed by atoms with Gasteiger partial charge in [0, 0.05) is 23.2 Å². The molecule has 0 aromatic carbocycles. The summed E-state index contributed by atoms with van der Waals surface area (Å²) in [5, 5.41) is 9.78. The highest BCUT2D eigenvalue weighted by Gasteiger charge is 2.30. The Hall–Kier alpha value is -1.36. The number of rotatable bonds is 3. The van der Waals surface area contributed by atoms with Gasteiger partial charge in [-0.05, 0) is 26.7 Å². The average molecular weight is 250 g/mol. The summed E-state index contributed by atoms with van der Waals surface area (Å²) in [5.41, 5.74) is 7.91. The second kappa shape index (κ2) is 5.10. The lowest BCUT2D eigenvalue weighted by molar-refractivity contribution is -0.117. The summed E-state index contributed by atoms with van der Waals surface area (Å²) in [6.07, 6.45) is 5.77. The second-order valence-corrected chi connectivity index (χ2v) is 5.47. The van der Waals surface area contributed by atoms with Gasteiger partial charge in [0.15, 0.2) is 5.82 Å². The molecule has 18 heavy (non-hydrogen) atoms. The molecule has 1 heterocycles. The minimum atomic E-state index is -0.318. The quantitative estimate of drug-likeness (QED) is 0.767. The Labute approximate surface area is 108 Å². The minimum Gasteiger partial charge on any atom is -0.325 e. The molecule has 100 valence electrons. The Morgan fingerprint density at radius 1 is 1.39 bits per heavy atom. The van der Waals surface area contributed by atoms with Crippen LogP contribution in [0.1, 0.15) is 49.8 Å². The van der Waals surface area contributed by atoms with E-state index in [9.17, 15) is 4.79 Å². The molecule has 2 rings (SSSR count). The van der Waals surface area contributed by atoms with Crippen LogP contribution in [0.2, 0.25) is 0 Å². The van der Waals surface area contributed by atoms with Crippen LogP contribution in [0.3, 0.4) is 0 Å². The third-order valence-electron chi connectivity index (χ3n) is 3.87. The first-order valence-electron chi connectivity index (χ1n) is 6.60. The maximum Gasteiger partial charge on any atom is 0.227 e. The highest BCUT2D eigenvalue weighted by Crippen LogP contribution is 2.29. The van der Waals surface area contributed by atoms with E-state index >= 15 is 0 Å². The lowest BCUT2D eigenvalue weighted by Gasteiger charge is -2.32. The lowest BCUT2D eigenvalue weighted by Crippen LogP contribution is -2.44. The summed E-state index contributed by atoms with van der Waals surface area (Å²) < 4.78 is 0. The van der Waals surface area contributed by atoms with Crippen molar-refractivity contribution in [1.82, 2.24) is 10.2 Å². The van der Waals surface area contributed by atoms with Gasteiger partial charge in [0.25, 0.3) is 0 Å². The zero-order valence-corrected chi connectivity index (χ0v) is 11.2. The molecule has 1 amide bonds. The number of H-pyrrole nitrogens is 1. The largest absolute Gasteiger partial charge is 0.325 e. The molecule has 4 N–H and O–H groups in total. The molecule has 0 radical (unpaired) electrons. The van der Waals surface area contributed by atoms with Gasteiger partial charge < -0.3 is 11.1 Å². The fraction of sp³-hybridized carbons (Fsp3) is 0.692. The number of nitrogens with two attached hydrogens (primary N) is 1. The molecule has 0 aliphatic heterocycles. The van der Waals surface area contributed by atoms with Crippen molar-refractivity contribution in [3.05, 3.63) is 11.3 Å². The first-order chi connectivity index (χ1) is 8.50. The Kier molecular flexibility index (Phi) is 3.71. The second-order valence-electron chi connectivity index (χ2n) is 5.47. The average Bonchev–Trinajstić information content (AvgIpc) is 2.61. The number of aryl methyl sites for hydroxylation is 1. The fourth-order valence-corrected chi connectivity index (χ4v) is 2.54. The van der Waals surface area contributed by atoms with Crippen LogP contribution in [0, 0.1) is 13.8 Å². The summed E-state index contributed by atoms with van der Waals surface area (Å²) in [5.74, 6) is 0.589. The van der Waals surface area contributed by atoms with E-state index in [-0.39, 0.29) is 11.4 Å². The highest BCUT2D eigenvalue weighted by atomic mass is 16.1. The lowest BCUT2D eigenvalue weighted by atomic mass is 9.80. The number of aromatic nitrogens is 2. The standard InChI is InChI=1S/C13H22N4O/c1-9-10(2)16-17-12(9)15-11(18)8-13(14)6-4-3-5-7-13/h3-8,14H2,1-2H3,(H2,15,16,17,18). The maximum absolute atomic E-state index is 12.0. The van der Waals surface area contributed by atoms with Crippen molar-refractivity contribution < 1.29 is 4.79 Å². The van der Waals surface area contributed by atoms with Gasteiger partial charge in [-0.1, -0.05) is 19.3 Å². The maximum atomic E-state index is 12.0. The molecule has 0 atom stereocenters. The number of nitrogens with zero attached hydrogens (tertiary/aromatic N) is 1. The van der Waals surface area contributed by atoms with Gasteiger partial charge >= 0.3 is 0 Å². The van der Waals surface area contributed by atoms with Crippen molar-refractivity contribution in [1.29, 1.82) is 0 Å². The predicted octanol–water partition coefficient (Wildman–Crippen LogP) is 2.02. The Morgan fingerprint density at radius 2 is 2.06 bits per heavy atom. The number of carbonyl (C=O) groups excluding carboxylic acids is 1. The van der Waals surface area contributed by atoms with Crippen LogP contribution in [0.4, 0.5) is 5.82 Å². The van der Waals surface area contributed by atoms with Gasteiger partial charge in [0.05, 0.1) is 0 Å². The molecule has 0 saturated heterocycles. The molecule has 1 aromatic heterocycles. The minimum absolute atomic E-state index is 0.0333. The van der Waals surface area contributed by atoms with E-state index < -0.39 is 0 Å². The fourth-order valence-electron chi connectivity index (χ4n) is 2.54. The number of nitrogens with one attached hydrogen (secondary N) is 2. The van der Waals surface area contributed by atoms with Gasteiger partial charge in [-0.3, -0.25) is 9.89 Å². The summed E-state index contributed by atoms with van der Waals surface area (Å²) in [6, 6.07) is 0. The molecule has 1 fully saturated rings. The molecule has 0 spiro atoms. The van der Waals surface area contributed by atoms with Crippen LogP contribution in [0.15, 0.2) is 0 Å². The van der Waals surface area contributed by atoms with Crippen molar-refractivity contribution in [2.45, 2.75) is 57.9 Å². The molecular formula is C13H22N4O. The zero-order valence-electron chi connectivity index (χ0n) is 11.2. The number of hydrogen-bond acceptors (Lipinski definition) is 3. The van der Waals surface area contributed by atoms with Gasteiger partial charge in [-0.15, -0.1) is 0 Å². The third kappa shape index (κ3) is 2.90.